The van der Waals surface area contributed by atoms with Crippen molar-refractivity contribution in [3.8, 4) is 0 Å². The Morgan fingerprint density at radius 2 is 2.06 bits per heavy atom. The van der Waals surface area contributed by atoms with Gasteiger partial charge in [0.2, 0.25) is 0 Å². The molecule has 2 aromatic rings. The quantitative estimate of drug-likeness (QED) is 0.470. The molecule has 1 aliphatic rings. The van der Waals surface area contributed by atoms with Gasteiger partial charge in [-0.2, -0.15) is 0 Å². The molecule has 1 fully saturated rings. The van der Waals surface area contributed by atoms with E-state index in [0.29, 0.717) is 12.8 Å². The van der Waals surface area contributed by atoms with E-state index in [0.717, 1.165) is 36.3 Å². The van der Waals surface area contributed by atoms with Crippen molar-refractivity contribution in [1.29, 1.82) is 0 Å². The molecule has 0 amide bonds. The van der Waals surface area contributed by atoms with Crippen molar-refractivity contribution >= 4 is 43.8 Å². The van der Waals surface area contributed by atoms with Crippen LogP contribution in [0.5, 0.6) is 0 Å². The van der Waals surface area contributed by atoms with E-state index in [4.69, 9.17) is 11.6 Å². The van der Waals surface area contributed by atoms with Gasteiger partial charge >= 0.3 is 0 Å². The lowest BCUT2D eigenvalue weighted by molar-refractivity contribution is -0.0284. The molecular weight excluding hydrogens is 489 g/mol. The molecule has 178 valence electrons. The van der Waals surface area contributed by atoms with E-state index in [2.05, 4.69) is 15.0 Å². The summed E-state index contributed by atoms with van der Waals surface area (Å²) in [5.74, 6) is -0.991. The van der Waals surface area contributed by atoms with Crippen molar-refractivity contribution in [3.05, 3.63) is 34.5 Å². The molecule has 3 atom stereocenters. The Morgan fingerprint density at radius 1 is 1.34 bits per heavy atom. The standard InChI is InChI=1S/C19H24ClF3N4O3S2/c1-27(10-16(28)18(22)23)15-5-3-2-4-13(15)25-14-9-12(21)17(8-11(14)20)32(29,30)26-19-24-6-7-31-19/h6-9,13,15-16,18,25,28H,2-5,10H2,1H3,(H,24,26)/t13-,15-,16-/m0/s1. The summed E-state index contributed by atoms with van der Waals surface area (Å²) in [6.45, 7) is -0.206. The molecule has 0 aliphatic heterocycles. The minimum atomic E-state index is -4.23. The summed E-state index contributed by atoms with van der Waals surface area (Å²) in [6, 6.07) is 1.60. The smallest absolute Gasteiger partial charge is 0.266 e. The van der Waals surface area contributed by atoms with Crippen LogP contribution in [-0.2, 0) is 10.0 Å². The van der Waals surface area contributed by atoms with Crippen LogP contribution in [0.2, 0.25) is 5.02 Å². The molecule has 0 unspecified atom stereocenters. The zero-order valence-corrected chi connectivity index (χ0v) is 19.5. The first-order chi connectivity index (χ1) is 15.1. The van der Waals surface area contributed by atoms with E-state index in [1.807, 2.05) is 0 Å². The van der Waals surface area contributed by atoms with E-state index in [1.54, 1.807) is 17.3 Å². The van der Waals surface area contributed by atoms with Crippen molar-refractivity contribution in [1.82, 2.24) is 9.88 Å². The van der Waals surface area contributed by atoms with Gasteiger partial charge in [-0.25, -0.2) is 26.6 Å². The number of thiazole rings is 1. The highest BCUT2D eigenvalue weighted by Crippen LogP contribution is 2.33. The molecule has 13 heteroatoms. The number of sulfonamides is 1. The van der Waals surface area contributed by atoms with Gasteiger partial charge in [0.1, 0.15) is 16.8 Å². The highest BCUT2D eigenvalue weighted by Gasteiger charge is 2.32. The van der Waals surface area contributed by atoms with E-state index in [1.165, 1.54) is 6.20 Å². The minimum absolute atomic E-state index is 0.00510. The number of aliphatic hydroxyl groups excluding tert-OH is 1. The number of anilines is 2. The molecular formula is C19H24ClF3N4O3S2. The second kappa shape index (κ2) is 10.6. The Balaban J connectivity index is 1.78. The average molecular weight is 513 g/mol. The maximum atomic E-state index is 14.8. The van der Waals surface area contributed by atoms with Gasteiger partial charge in [0.25, 0.3) is 16.4 Å². The van der Waals surface area contributed by atoms with Crippen molar-refractivity contribution in [2.24, 2.45) is 0 Å². The minimum Gasteiger partial charge on any atom is -0.386 e. The number of nitrogens with zero attached hydrogens (tertiary/aromatic N) is 2. The molecule has 7 nitrogen and oxygen atoms in total. The van der Waals surface area contributed by atoms with Crippen LogP contribution in [0.1, 0.15) is 25.7 Å². The summed E-state index contributed by atoms with van der Waals surface area (Å²) in [6.07, 6.45) is -0.0419. The van der Waals surface area contributed by atoms with Crippen LogP contribution in [0.25, 0.3) is 0 Å². The molecule has 1 saturated carbocycles. The van der Waals surface area contributed by atoms with Gasteiger partial charge in [0, 0.05) is 30.2 Å². The van der Waals surface area contributed by atoms with Gasteiger partial charge < -0.3 is 10.4 Å². The fourth-order valence-electron chi connectivity index (χ4n) is 3.81. The summed E-state index contributed by atoms with van der Waals surface area (Å²) < 4.78 is 67.5. The molecule has 1 aromatic carbocycles. The third-order valence-electron chi connectivity index (χ3n) is 5.37. The van der Waals surface area contributed by atoms with E-state index < -0.39 is 33.3 Å². The second-order valence-electron chi connectivity index (χ2n) is 7.65. The normalized spacial score (nSPS) is 20.5. The van der Waals surface area contributed by atoms with Gasteiger partial charge in [0.15, 0.2) is 5.13 Å². The number of nitrogens with one attached hydrogen (secondary N) is 2. The lowest BCUT2D eigenvalue weighted by Gasteiger charge is -2.39. The SMILES string of the molecule is CN(C[C@H](O)C(F)F)[C@H]1CCCC[C@@H]1Nc1cc(F)c(S(=O)(=O)Nc2nccs2)cc1Cl. The van der Waals surface area contributed by atoms with Crippen molar-refractivity contribution in [2.45, 2.75) is 55.2 Å². The Bertz CT molecular complexity index is 1010. The third kappa shape index (κ3) is 6.04. The lowest BCUT2D eigenvalue weighted by atomic mass is 9.89. The van der Waals surface area contributed by atoms with Crippen molar-refractivity contribution < 1.29 is 26.7 Å². The zero-order valence-electron chi connectivity index (χ0n) is 17.1. The van der Waals surface area contributed by atoms with Crippen molar-refractivity contribution in [2.75, 3.05) is 23.6 Å². The number of benzene rings is 1. The summed E-state index contributed by atoms with van der Waals surface area (Å²) >= 11 is 7.33. The molecule has 0 bridgehead atoms. The fourth-order valence-corrected chi connectivity index (χ4v) is 5.96. The first-order valence-electron chi connectivity index (χ1n) is 9.93. The van der Waals surface area contributed by atoms with Gasteiger partial charge in [-0.1, -0.05) is 24.4 Å². The Morgan fingerprint density at radius 3 is 2.72 bits per heavy atom. The first-order valence-corrected chi connectivity index (χ1v) is 12.7. The number of aliphatic hydroxyl groups is 1. The van der Waals surface area contributed by atoms with Crippen LogP contribution in [0.3, 0.4) is 0 Å². The van der Waals surface area contributed by atoms with Crippen molar-refractivity contribution in [3.63, 3.8) is 0 Å². The molecule has 3 N–H and O–H groups in total. The van der Waals surface area contributed by atoms with E-state index >= 15 is 0 Å². The number of hydrogen-bond acceptors (Lipinski definition) is 7. The lowest BCUT2D eigenvalue weighted by Crippen LogP contribution is -2.50. The molecule has 0 radical (unpaired) electrons. The largest absolute Gasteiger partial charge is 0.386 e. The highest BCUT2D eigenvalue weighted by molar-refractivity contribution is 7.93. The summed E-state index contributed by atoms with van der Waals surface area (Å²) in [4.78, 5) is 4.87. The van der Waals surface area contributed by atoms with Crippen LogP contribution in [0, 0.1) is 5.82 Å². The Hall–Kier alpha value is -1.60. The second-order valence-corrected chi connectivity index (χ2v) is 10.6. The molecule has 1 aromatic heterocycles. The summed E-state index contributed by atoms with van der Waals surface area (Å²) in [5.41, 5.74) is 0.206. The van der Waals surface area contributed by atoms with Crippen LogP contribution < -0.4 is 10.0 Å². The summed E-state index contributed by atoms with van der Waals surface area (Å²) in [7, 11) is -2.58. The van der Waals surface area contributed by atoms with Gasteiger partial charge in [-0.05, 0) is 32.0 Å². The monoisotopic (exact) mass is 512 g/mol. The predicted molar refractivity (Wildman–Crippen MR) is 119 cm³/mol. The van der Waals surface area contributed by atoms with Crippen LogP contribution >= 0.6 is 22.9 Å². The molecule has 0 spiro atoms. The number of alkyl halides is 2. The third-order valence-corrected chi connectivity index (χ3v) is 7.85. The fraction of sp³-hybridized carbons (Fsp3) is 0.526. The molecule has 1 aliphatic carbocycles. The first kappa shape index (κ1) is 25.0. The molecule has 1 heterocycles. The molecule has 3 rings (SSSR count). The van der Waals surface area contributed by atoms with Crippen LogP contribution in [0.15, 0.2) is 28.6 Å². The van der Waals surface area contributed by atoms with E-state index in [9.17, 15) is 26.7 Å². The average Bonchev–Trinajstić information content (AvgIpc) is 3.22. The maximum Gasteiger partial charge on any atom is 0.266 e. The van der Waals surface area contributed by atoms with E-state index in [-0.39, 0.29) is 34.5 Å². The number of aromatic nitrogens is 1. The van der Waals surface area contributed by atoms with Gasteiger partial charge in [-0.15, -0.1) is 11.3 Å². The molecule has 32 heavy (non-hydrogen) atoms. The maximum absolute atomic E-state index is 14.8. The summed E-state index contributed by atoms with van der Waals surface area (Å²) in [5, 5.41) is 14.4. The van der Waals surface area contributed by atoms with Gasteiger partial charge in [0.05, 0.1) is 10.7 Å². The topological polar surface area (TPSA) is 94.6 Å². The highest BCUT2D eigenvalue weighted by atomic mass is 35.5. The number of rotatable bonds is 9. The number of halogens is 4. The number of hydrogen-bond donors (Lipinski definition) is 3. The zero-order chi connectivity index (χ0) is 23.5. The Kier molecular flexibility index (Phi) is 8.26. The Labute approximate surface area is 193 Å². The van der Waals surface area contributed by atoms with Gasteiger partial charge in [-0.3, -0.25) is 9.62 Å². The number of likely N-dealkylation sites (N-methyl/N-ethyl adjacent to an activating group) is 1. The predicted octanol–water partition coefficient (Wildman–Crippen LogP) is 4.02. The van der Waals surface area contributed by atoms with Crippen LogP contribution in [0.4, 0.5) is 24.0 Å². The van der Waals surface area contributed by atoms with Crippen LogP contribution in [-0.4, -0.2) is 61.6 Å². The molecule has 0 saturated heterocycles.